The standard InChI is InChI=1S/C17H26BNO4S.C17H19N5O2S.C6H5BrN4/c1-16(2)17(3,4)23-18(22-16)15-7-5-14(6-8-15)13-19-9-11-24(20,21)12-10-19;18-17-19-16-3-1-2-15(22(16)20-17)14-6-4-13(5-7-14)12-21-8-10-25(23,24)11-9-21;7-4-2-1-3-5-9-6(8)10-11(4)5/h5-8H,9-13H2,1-4H3;1-7H,8-12H2,(H2,18,20);1-3H,(H2,8,10). The molecule has 0 spiro atoms. The number of sulfone groups is 2. The largest absolute Gasteiger partial charge is 0.494 e. The average Bonchev–Trinajstić information content (AvgIpc) is 3.85. The molecule has 9 rings (SSSR count). The van der Waals surface area contributed by atoms with Gasteiger partial charge in [0.05, 0.1) is 39.9 Å². The van der Waals surface area contributed by atoms with Gasteiger partial charge in [-0.25, -0.2) is 25.9 Å². The highest BCUT2D eigenvalue weighted by Gasteiger charge is 2.51. The number of rotatable bonds is 6. The number of nitrogens with zero attached hydrogens (tertiary/aromatic N) is 8. The van der Waals surface area contributed by atoms with Gasteiger partial charge in [0.25, 0.3) is 0 Å². The lowest BCUT2D eigenvalue weighted by Crippen LogP contribution is -2.41. The molecule has 0 radical (unpaired) electrons. The Kier molecular flexibility index (Phi) is 12.7. The molecule has 2 aromatic carbocycles. The third kappa shape index (κ3) is 10.5. The van der Waals surface area contributed by atoms with Crippen LogP contribution in [-0.4, -0.2) is 123 Å². The van der Waals surface area contributed by atoms with E-state index in [0.29, 0.717) is 31.8 Å². The number of hydrogen-bond acceptors (Lipinski definition) is 14. The van der Waals surface area contributed by atoms with Crippen molar-refractivity contribution in [2.45, 2.75) is 52.0 Å². The third-order valence-corrected chi connectivity index (χ3v) is 15.0. The van der Waals surface area contributed by atoms with Crippen LogP contribution in [0, 0.1) is 0 Å². The fraction of sp³-hybridized carbons (Fsp3) is 0.400. The predicted octanol–water partition coefficient (Wildman–Crippen LogP) is 3.50. The number of benzene rings is 2. The van der Waals surface area contributed by atoms with Crippen LogP contribution in [0.3, 0.4) is 0 Å². The number of hydrogen-bond donors (Lipinski definition) is 2. The summed E-state index contributed by atoms with van der Waals surface area (Å²) in [4.78, 5) is 12.5. The van der Waals surface area contributed by atoms with Gasteiger partial charge < -0.3 is 20.8 Å². The van der Waals surface area contributed by atoms with E-state index in [0.717, 1.165) is 45.6 Å². The molecule has 60 heavy (non-hydrogen) atoms. The maximum absolute atomic E-state index is 11.5. The van der Waals surface area contributed by atoms with Gasteiger partial charge in [-0.15, -0.1) is 10.2 Å². The van der Waals surface area contributed by atoms with Gasteiger partial charge in [-0.1, -0.05) is 60.7 Å². The molecule has 20 heteroatoms. The van der Waals surface area contributed by atoms with Gasteiger partial charge in [-0.2, -0.15) is 9.97 Å². The third-order valence-electron chi connectivity index (χ3n) is 11.1. The molecule has 0 unspecified atom stereocenters. The molecule has 3 saturated heterocycles. The summed E-state index contributed by atoms with van der Waals surface area (Å²) < 4.78 is 62.3. The van der Waals surface area contributed by atoms with Crippen molar-refractivity contribution in [2.75, 3.05) is 60.7 Å². The monoisotopic (exact) mass is 920 g/mol. The SMILES string of the molecule is CC1(C)OB(c2ccc(CN3CCS(=O)(=O)CC3)cc2)OC1(C)C.Nc1nc2cccc(-c3ccc(CN4CCS(=O)(=O)CC4)cc3)n2n1.Nc1nc2cccc(Br)n2n1. The number of anilines is 2. The Bertz CT molecular complexity index is 2630. The smallest absolute Gasteiger partial charge is 0.399 e. The summed E-state index contributed by atoms with van der Waals surface area (Å²) in [5.74, 6) is 1.57. The number of halogens is 1. The summed E-state index contributed by atoms with van der Waals surface area (Å²) in [6, 6.07) is 27.8. The fourth-order valence-corrected chi connectivity index (χ4v) is 9.87. The van der Waals surface area contributed by atoms with Crippen LogP contribution in [0.5, 0.6) is 0 Å². The van der Waals surface area contributed by atoms with Gasteiger partial charge in [-0.3, -0.25) is 9.80 Å². The van der Waals surface area contributed by atoms with E-state index in [-0.39, 0.29) is 53.2 Å². The maximum atomic E-state index is 11.5. The lowest BCUT2D eigenvalue weighted by molar-refractivity contribution is 0.00578. The van der Waals surface area contributed by atoms with Crippen LogP contribution in [0.25, 0.3) is 22.6 Å². The Morgan fingerprint density at radius 3 is 1.55 bits per heavy atom. The van der Waals surface area contributed by atoms with E-state index < -0.39 is 19.7 Å². The van der Waals surface area contributed by atoms with E-state index in [1.807, 2.05) is 88.4 Å². The number of fused-ring (bicyclic) bond motifs is 2. The van der Waals surface area contributed by atoms with E-state index in [1.54, 1.807) is 9.03 Å². The first kappa shape index (κ1) is 43.6. The van der Waals surface area contributed by atoms with Crippen molar-refractivity contribution >= 4 is 71.4 Å². The first-order valence-corrected chi connectivity index (χ1v) is 24.1. The van der Waals surface area contributed by atoms with Gasteiger partial charge in [0, 0.05) is 44.8 Å². The highest BCUT2D eigenvalue weighted by Crippen LogP contribution is 2.36. The van der Waals surface area contributed by atoms with Crippen molar-refractivity contribution in [1.29, 1.82) is 0 Å². The molecule has 4 N–H and O–H groups in total. The van der Waals surface area contributed by atoms with Crippen molar-refractivity contribution in [3.63, 3.8) is 0 Å². The summed E-state index contributed by atoms with van der Waals surface area (Å²) in [5, 5.41) is 8.19. The van der Waals surface area contributed by atoms with Crippen molar-refractivity contribution in [1.82, 2.24) is 39.0 Å². The van der Waals surface area contributed by atoms with Crippen molar-refractivity contribution in [2.24, 2.45) is 0 Å². The number of nitrogen functional groups attached to an aromatic ring is 2. The van der Waals surface area contributed by atoms with E-state index in [9.17, 15) is 16.8 Å². The Morgan fingerprint density at radius 1 is 0.633 bits per heavy atom. The first-order valence-electron chi connectivity index (χ1n) is 19.6. The lowest BCUT2D eigenvalue weighted by Gasteiger charge is -2.32. The van der Waals surface area contributed by atoms with E-state index >= 15 is 0 Å². The molecule has 3 fully saturated rings. The molecule has 16 nitrogen and oxygen atoms in total. The van der Waals surface area contributed by atoms with Gasteiger partial charge in [0.2, 0.25) is 11.9 Å². The summed E-state index contributed by atoms with van der Waals surface area (Å²) >= 11 is 3.32. The zero-order chi connectivity index (χ0) is 42.9. The maximum Gasteiger partial charge on any atom is 0.494 e. The predicted molar refractivity (Wildman–Crippen MR) is 238 cm³/mol. The van der Waals surface area contributed by atoms with Crippen LogP contribution in [0.4, 0.5) is 11.9 Å². The second kappa shape index (κ2) is 17.5. The average molecular weight is 922 g/mol. The Hall–Kier alpha value is -4.44. The minimum absolute atomic E-state index is 0.251. The molecule has 0 aliphatic carbocycles. The normalized spacial score (nSPS) is 19.6. The van der Waals surface area contributed by atoms with Crippen LogP contribution >= 0.6 is 15.9 Å². The van der Waals surface area contributed by atoms with Gasteiger partial charge >= 0.3 is 7.12 Å². The molecule has 4 aromatic heterocycles. The molecule has 3 aliphatic heterocycles. The molecular formula is C40H50BBrN10O6S2. The quantitative estimate of drug-likeness (QED) is 0.181. The zero-order valence-electron chi connectivity index (χ0n) is 34.1. The van der Waals surface area contributed by atoms with Crippen molar-refractivity contribution in [3.8, 4) is 11.3 Å². The highest BCUT2D eigenvalue weighted by molar-refractivity contribution is 9.10. The van der Waals surface area contributed by atoms with Gasteiger partial charge in [0.1, 0.15) is 4.60 Å². The molecule has 318 valence electrons. The van der Waals surface area contributed by atoms with Crippen molar-refractivity contribution < 1.29 is 26.1 Å². The minimum atomic E-state index is -2.84. The van der Waals surface area contributed by atoms with Gasteiger partial charge in [0.15, 0.2) is 31.0 Å². The Balaban J connectivity index is 0.000000146. The Labute approximate surface area is 359 Å². The van der Waals surface area contributed by atoms with Crippen LogP contribution in [-0.2, 0) is 42.1 Å². The molecular weight excluding hydrogens is 871 g/mol. The fourth-order valence-electron chi connectivity index (χ4n) is 6.90. The van der Waals surface area contributed by atoms with Crippen LogP contribution in [0.1, 0.15) is 38.8 Å². The number of nitrogens with two attached hydrogens (primary N) is 2. The number of pyridine rings is 2. The van der Waals surface area contributed by atoms with E-state index in [2.05, 4.69) is 70.2 Å². The summed E-state index contributed by atoms with van der Waals surface area (Å²) in [7, 11) is -6.00. The van der Waals surface area contributed by atoms with E-state index in [1.165, 1.54) is 5.56 Å². The highest BCUT2D eigenvalue weighted by atomic mass is 79.9. The van der Waals surface area contributed by atoms with Gasteiger partial charge in [-0.05, 0) is 84.5 Å². The summed E-state index contributed by atoms with van der Waals surface area (Å²) in [6.45, 7) is 12.1. The molecule has 6 aromatic rings. The number of aromatic nitrogens is 6. The molecule has 7 heterocycles. The Morgan fingerprint density at radius 2 is 1.07 bits per heavy atom. The minimum Gasteiger partial charge on any atom is -0.399 e. The van der Waals surface area contributed by atoms with Crippen molar-refractivity contribution in [3.05, 3.63) is 101 Å². The second-order valence-electron chi connectivity index (χ2n) is 16.1. The molecule has 0 atom stereocenters. The van der Waals surface area contributed by atoms with Crippen LogP contribution < -0.4 is 16.9 Å². The molecule has 0 amide bonds. The molecule has 0 bridgehead atoms. The molecule has 0 saturated carbocycles. The summed E-state index contributed by atoms with van der Waals surface area (Å²) in [5.41, 5.74) is 17.2. The second-order valence-corrected chi connectivity index (χ2v) is 21.5. The summed E-state index contributed by atoms with van der Waals surface area (Å²) in [6.07, 6.45) is 0. The first-order chi connectivity index (χ1) is 28.4. The lowest BCUT2D eigenvalue weighted by atomic mass is 9.79. The van der Waals surface area contributed by atoms with Crippen LogP contribution in [0.15, 0.2) is 89.5 Å². The molecule has 3 aliphatic rings. The van der Waals surface area contributed by atoms with E-state index in [4.69, 9.17) is 20.8 Å². The topological polar surface area (TPSA) is 206 Å². The van der Waals surface area contributed by atoms with Crippen LogP contribution in [0.2, 0.25) is 0 Å². The zero-order valence-corrected chi connectivity index (χ0v) is 37.3.